The zero-order valence-corrected chi connectivity index (χ0v) is 11.0. The number of imidazole rings is 2. The van der Waals surface area contributed by atoms with Crippen LogP contribution in [0.3, 0.4) is 0 Å². The number of nitrogens with two attached hydrogens (primary N) is 1. The normalized spacial score (nSPS) is 11.4. The summed E-state index contributed by atoms with van der Waals surface area (Å²) in [6.07, 6.45) is 3.91. The van der Waals surface area contributed by atoms with Gasteiger partial charge in [-0.15, -0.1) is 0 Å². The molecule has 0 aliphatic carbocycles. The second-order valence-corrected chi connectivity index (χ2v) is 4.80. The average Bonchev–Trinajstić information content (AvgIpc) is 3.00. The standard InChI is InChI=1S/C15H13N5/c1-10-5-4-7-13-18-14(15(16)20(10)13)11-9-19-8-3-2-6-12(19)17-11/h2-9H,16H2,1H3. The lowest BCUT2D eigenvalue weighted by Crippen LogP contribution is -1.97. The van der Waals surface area contributed by atoms with Crippen LogP contribution in [0.2, 0.25) is 0 Å². The number of pyridine rings is 2. The third-order valence-electron chi connectivity index (χ3n) is 3.48. The Kier molecular flexibility index (Phi) is 2.12. The van der Waals surface area contributed by atoms with Crippen LogP contribution in [-0.4, -0.2) is 18.8 Å². The van der Waals surface area contributed by atoms with Gasteiger partial charge in [-0.1, -0.05) is 12.1 Å². The van der Waals surface area contributed by atoms with Crippen LogP contribution in [0, 0.1) is 6.92 Å². The lowest BCUT2D eigenvalue weighted by Gasteiger charge is -2.00. The molecule has 2 N–H and O–H groups in total. The SMILES string of the molecule is Cc1cccc2nc(-c3cn4ccccc4n3)c(N)n12. The summed E-state index contributed by atoms with van der Waals surface area (Å²) in [5.74, 6) is 0.626. The molecule has 20 heavy (non-hydrogen) atoms. The molecular formula is C15H13N5. The van der Waals surface area contributed by atoms with Crippen molar-refractivity contribution in [1.29, 1.82) is 0 Å². The Bertz CT molecular complexity index is 899. The molecule has 0 fully saturated rings. The van der Waals surface area contributed by atoms with Crippen molar-refractivity contribution in [3.8, 4) is 11.4 Å². The fraction of sp³-hybridized carbons (Fsp3) is 0.0667. The Morgan fingerprint density at radius 1 is 1.00 bits per heavy atom. The van der Waals surface area contributed by atoms with Crippen molar-refractivity contribution in [2.75, 3.05) is 5.73 Å². The van der Waals surface area contributed by atoms with E-state index in [-0.39, 0.29) is 0 Å². The molecule has 0 amide bonds. The van der Waals surface area contributed by atoms with Gasteiger partial charge in [0, 0.05) is 18.1 Å². The Balaban J connectivity index is 2.02. The molecule has 0 radical (unpaired) electrons. The first-order valence-corrected chi connectivity index (χ1v) is 6.42. The van der Waals surface area contributed by atoms with Gasteiger partial charge in [-0.25, -0.2) is 9.97 Å². The molecule has 0 aliphatic rings. The first-order chi connectivity index (χ1) is 9.74. The predicted molar refractivity (Wildman–Crippen MR) is 78.5 cm³/mol. The van der Waals surface area contributed by atoms with Gasteiger partial charge in [0.2, 0.25) is 0 Å². The van der Waals surface area contributed by atoms with Crippen LogP contribution < -0.4 is 5.73 Å². The molecule has 0 atom stereocenters. The number of rotatable bonds is 1. The van der Waals surface area contributed by atoms with Gasteiger partial charge in [0.25, 0.3) is 0 Å². The third-order valence-corrected chi connectivity index (χ3v) is 3.48. The maximum absolute atomic E-state index is 6.24. The highest BCUT2D eigenvalue weighted by atomic mass is 15.1. The van der Waals surface area contributed by atoms with E-state index in [0.29, 0.717) is 5.82 Å². The Morgan fingerprint density at radius 2 is 1.85 bits per heavy atom. The van der Waals surface area contributed by atoms with Crippen molar-refractivity contribution in [3.63, 3.8) is 0 Å². The molecule has 4 aromatic rings. The predicted octanol–water partition coefficient (Wildman–Crippen LogP) is 2.54. The van der Waals surface area contributed by atoms with Crippen molar-refractivity contribution in [2.24, 2.45) is 0 Å². The van der Waals surface area contributed by atoms with Crippen molar-refractivity contribution in [3.05, 3.63) is 54.5 Å². The maximum Gasteiger partial charge on any atom is 0.139 e. The summed E-state index contributed by atoms with van der Waals surface area (Å²) in [5.41, 5.74) is 10.5. The van der Waals surface area contributed by atoms with Crippen LogP contribution in [-0.2, 0) is 0 Å². The third kappa shape index (κ3) is 1.43. The molecular weight excluding hydrogens is 250 g/mol. The zero-order chi connectivity index (χ0) is 13.7. The number of nitrogen functional groups attached to an aromatic ring is 1. The van der Waals surface area contributed by atoms with E-state index >= 15 is 0 Å². The van der Waals surface area contributed by atoms with Crippen molar-refractivity contribution < 1.29 is 0 Å². The molecule has 4 aromatic heterocycles. The van der Waals surface area contributed by atoms with Crippen LogP contribution in [0.5, 0.6) is 0 Å². The molecule has 0 unspecified atom stereocenters. The summed E-state index contributed by atoms with van der Waals surface area (Å²) in [7, 11) is 0. The van der Waals surface area contributed by atoms with E-state index in [0.717, 1.165) is 28.4 Å². The second kappa shape index (κ2) is 3.84. The number of aromatic nitrogens is 4. The van der Waals surface area contributed by atoms with Crippen LogP contribution in [0.25, 0.3) is 22.7 Å². The van der Waals surface area contributed by atoms with Gasteiger partial charge in [-0.05, 0) is 31.2 Å². The Morgan fingerprint density at radius 3 is 2.65 bits per heavy atom. The van der Waals surface area contributed by atoms with Crippen LogP contribution in [0.15, 0.2) is 48.8 Å². The van der Waals surface area contributed by atoms with E-state index in [1.165, 1.54) is 0 Å². The summed E-state index contributed by atoms with van der Waals surface area (Å²) in [6, 6.07) is 11.8. The number of nitrogens with zero attached hydrogens (tertiary/aromatic N) is 4. The van der Waals surface area contributed by atoms with E-state index in [9.17, 15) is 0 Å². The minimum atomic E-state index is 0.626. The number of anilines is 1. The molecule has 98 valence electrons. The topological polar surface area (TPSA) is 60.6 Å². The molecule has 0 spiro atoms. The van der Waals surface area contributed by atoms with Gasteiger partial charge in [-0.3, -0.25) is 4.40 Å². The summed E-state index contributed by atoms with van der Waals surface area (Å²) in [4.78, 5) is 9.18. The molecule has 4 heterocycles. The zero-order valence-electron chi connectivity index (χ0n) is 11.0. The van der Waals surface area contributed by atoms with Crippen molar-refractivity contribution >= 4 is 17.1 Å². The molecule has 0 bridgehead atoms. The lowest BCUT2D eigenvalue weighted by molar-refractivity contribution is 1.10. The molecule has 5 nitrogen and oxygen atoms in total. The van der Waals surface area contributed by atoms with E-state index in [1.54, 1.807) is 0 Å². The highest BCUT2D eigenvalue weighted by Crippen LogP contribution is 2.26. The maximum atomic E-state index is 6.24. The van der Waals surface area contributed by atoms with Crippen LogP contribution >= 0.6 is 0 Å². The quantitative estimate of drug-likeness (QED) is 0.574. The van der Waals surface area contributed by atoms with E-state index in [1.807, 2.05) is 64.5 Å². The monoisotopic (exact) mass is 263 g/mol. The molecule has 0 aliphatic heterocycles. The first kappa shape index (κ1) is 11.0. The fourth-order valence-electron chi connectivity index (χ4n) is 2.52. The van der Waals surface area contributed by atoms with E-state index in [4.69, 9.17) is 5.73 Å². The van der Waals surface area contributed by atoms with Gasteiger partial charge >= 0.3 is 0 Å². The summed E-state index contributed by atoms with van der Waals surface area (Å²) >= 11 is 0. The highest BCUT2D eigenvalue weighted by Gasteiger charge is 2.15. The first-order valence-electron chi connectivity index (χ1n) is 6.42. The lowest BCUT2D eigenvalue weighted by atomic mass is 10.3. The number of hydrogen-bond donors (Lipinski definition) is 1. The van der Waals surface area contributed by atoms with E-state index < -0.39 is 0 Å². The minimum Gasteiger partial charge on any atom is -0.383 e. The van der Waals surface area contributed by atoms with Gasteiger partial charge < -0.3 is 10.1 Å². The fourth-order valence-corrected chi connectivity index (χ4v) is 2.52. The van der Waals surface area contributed by atoms with Gasteiger partial charge in [0.15, 0.2) is 0 Å². The number of fused-ring (bicyclic) bond motifs is 2. The summed E-state index contributed by atoms with van der Waals surface area (Å²) < 4.78 is 3.91. The van der Waals surface area contributed by atoms with Crippen LogP contribution in [0.1, 0.15) is 5.69 Å². The Hall–Kier alpha value is -2.82. The van der Waals surface area contributed by atoms with Gasteiger partial charge in [0.05, 0.1) is 0 Å². The number of aryl methyl sites for hydroxylation is 1. The number of hydrogen-bond acceptors (Lipinski definition) is 3. The largest absolute Gasteiger partial charge is 0.383 e. The molecule has 0 aromatic carbocycles. The summed E-state index contributed by atoms with van der Waals surface area (Å²) in [6.45, 7) is 2.01. The van der Waals surface area contributed by atoms with Gasteiger partial charge in [-0.2, -0.15) is 0 Å². The summed E-state index contributed by atoms with van der Waals surface area (Å²) in [5, 5.41) is 0. The Labute approximate surface area is 115 Å². The highest BCUT2D eigenvalue weighted by molar-refractivity contribution is 5.74. The molecule has 0 saturated heterocycles. The minimum absolute atomic E-state index is 0.626. The van der Waals surface area contributed by atoms with Crippen molar-refractivity contribution in [2.45, 2.75) is 6.92 Å². The second-order valence-electron chi connectivity index (χ2n) is 4.80. The average molecular weight is 263 g/mol. The smallest absolute Gasteiger partial charge is 0.139 e. The molecule has 4 rings (SSSR count). The van der Waals surface area contributed by atoms with E-state index in [2.05, 4.69) is 9.97 Å². The van der Waals surface area contributed by atoms with Crippen LogP contribution in [0.4, 0.5) is 5.82 Å². The molecule has 5 heteroatoms. The van der Waals surface area contributed by atoms with Crippen molar-refractivity contribution in [1.82, 2.24) is 18.8 Å². The molecule has 0 saturated carbocycles. The van der Waals surface area contributed by atoms with Gasteiger partial charge in [0.1, 0.15) is 28.5 Å².